The van der Waals surface area contributed by atoms with Crippen molar-refractivity contribution < 1.29 is 9.53 Å². The van der Waals surface area contributed by atoms with Crippen LogP contribution in [0, 0.1) is 0 Å². The minimum Gasteiger partial charge on any atom is -0.481 e. The average molecular weight is 292 g/mol. The molecule has 0 aliphatic carbocycles. The van der Waals surface area contributed by atoms with E-state index in [2.05, 4.69) is 30.5 Å². The first-order valence-electron chi connectivity index (χ1n) is 7.90. The molecule has 2 atom stereocenters. The van der Waals surface area contributed by atoms with Crippen LogP contribution in [-0.4, -0.2) is 25.1 Å². The number of amides is 1. The third-order valence-corrected chi connectivity index (χ3v) is 3.37. The van der Waals surface area contributed by atoms with Crippen LogP contribution in [-0.2, 0) is 4.79 Å². The van der Waals surface area contributed by atoms with Crippen molar-refractivity contribution in [2.45, 2.75) is 52.7 Å². The standard InChI is InChI=1S/C17H28N2O2/c1-5-12-19-15(6-2)14-10-8-9-11-16(14)21-13(4)17(20)18-7-3/h8-11,13,15,19H,5-7,12H2,1-4H3,(H,18,20). The molecule has 0 bridgehead atoms. The first-order chi connectivity index (χ1) is 10.1. The average Bonchev–Trinajstić information content (AvgIpc) is 2.49. The molecular formula is C17H28N2O2. The second kappa shape index (κ2) is 9.40. The largest absolute Gasteiger partial charge is 0.481 e. The Morgan fingerprint density at radius 3 is 2.57 bits per heavy atom. The summed E-state index contributed by atoms with van der Waals surface area (Å²) in [5.74, 6) is 0.702. The number of likely N-dealkylation sites (N-methyl/N-ethyl adjacent to an activating group) is 1. The molecule has 0 saturated heterocycles. The second-order valence-corrected chi connectivity index (χ2v) is 5.11. The highest BCUT2D eigenvalue weighted by Crippen LogP contribution is 2.28. The summed E-state index contributed by atoms with van der Waals surface area (Å²) in [7, 11) is 0. The Bertz CT molecular complexity index is 435. The monoisotopic (exact) mass is 292 g/mol. The van der Waals surface area contributed by atoms with Crippen molar-refractivity contribution in [3.63, 3.8) is 0 Å². The Morgan fingerprint density at radius 2 is 1.95 bits per heavy atom. The maximum Gasteiger partial charge on any atom is 0.260 e. The van der Waals surface area contributed by atoms with Gasteiger partial charge in [-0.15, -0.1) is 0 Å². The smallest absolute Gasteiger partial charge is 0.260 e. The molecule has 1 aromatic rings. The van der Waals surface area contributed by atoms with Crippen LogP contribution in [0.25, 0.3) is 0 Å². The van der Waals surface area contributed by atoms with Crippen LogP contribution in [0.15, 0.2) is 24.3 Å². The molecule has 1 rings (SSSR count). The maximum atomic E-state index is 11.8. The van der Waals surface area contributed by atoms with Crippen molar-refractivity contribution in [1.29, 1.82) is 0 Å². The van der Waals surface area contributed by atoms with Gasteiger partial charge in [0.05, 0.1) is 0 Å². The Morgan fingerprint density at radius 1 is 1.24 bits per heavy atom. The van der Waals surface area contributed by atoms with Crippen LogP contribution >= 0.6 is 0 Å². The molecular weight excluding hydrogens is 264 g/mol. The molecule has 0 radical (unpaired) electrons. The van der Waals surface area contributed by atoms with Gasteiger partial charge in [-0.2, -0.15) is 0 Å². The molecule has 0 fully saturated rings. The highest BCUT2D eigenvalue weighted by molar-refractivity contribution is 5.80. The first kappa shape index (κ1) is 17.5. The Balaban J connectivity index is 2.85. The quantitative estimate of drug-likeness (QED) is 0.735. The van der Waals surface area contributed by atoms with Crippen LogP contribution in [0.5, 0.6) is 5.75 Å². The van der Waals surface area contributed by atoms with Gasteiger partial charge in [-0.1, -0.05) is 32.0 Å². The van der Waals surface area contributed by atoms with Gasteiger partial charge in [-0.05, 0) is 39.3 Å². The van der Waals surface area contributed by atoms with Gasteiger partial charge in [0.25, 0.3) is 5.91 Å². The molecule has 1 aromatic carbocycles. The van der Waals surface area contributed by atoms with E-state index in [1.54, 1.807) is 6.92 Å². The van der Waals surface area contributed by atoms with Gasteiger partial charge in [0.1, 0.15) is 5.75 Å². The van der Waals surface area contributed by atoms with Gasteiger partial charge in [-0.3, -0.25) is 4.79 Å². The zero-order valence-corrected chi connectivity index (χ0v) is 13.6. The number of ether oxygens (including phenoxy) is 1. The molecule has 0 heterocycles. The molecule has 0 aromatic heterocycles. The number of carbonyl (C=O) groups excluding carboxylic acids is 1. The van der Waals surface area contributed by atoms with E-state index in [0.29, 0.717) is 6.54 Å². The predicted octanol–water partition coefficient (Wildman–Crippen LogP) is 3.04. The lowest BCUT2D eigenvalue weighted by molar-refractivity contribution is -0.127. The lowest BCUT2D eigenvalue weighted by atomic mass is 10.0. The third kappa shape index (κ3) is 5.38. The molecule has 2 N–H and O–H groups in total. The van der Waals surface area contributed by atoms with E-state index in [9.17, 15) is 4.79 Å². The van der Waals surface area contributed by atoms with Crippen molar-refractivity contribution in [3.8, 4) is 5.75 Å². The number of hydrogen-bond acceptors (Lipinski definition) is 3. The fourth-order valence-electron chi connectivity index (χ4n) is 2.23. The Labute approximate surface area is 128 Å². The predicted molar refractivity (Wildman–Crippen MR) is 86.5 cm³/mol. The summed E-state index contributed by atoms with van der Waals surface area (Å²) in [5.41, 5.74) is 1.12. The second-order valence-electron chi connectivity index (χ2n) is 5.11. The summed E-state index contributed by atoms with van der Waals surface area (Å²) in [6, 6.07) is 8.20. The Kier molecular flexibility index (Phi) is 7.83. The summed E-state index contributed by atoms with van der Waals surface area (Å²) in [6.45, 7) is 9.57. The molecule has 21 heavy (non-hydrogen) atoms. The number of hydrogen-bond donors (Lipinski definition) is 2. The van der Waals surface area contributed by atoms with Gasteiger partial charge < -0.3 is 15.4 Å². The van der Waals surface area contributed by atoms with E-state index < -0.39 is 6.10 Å². The van der Waals surface area contributed by atoms with Crippen LogP contribution in [0.2, 0.25) is 0 Å². The van der Waals surface area contributed by atoms with Crippen molar-refractivity contribution >= 4 is 5.91 Å². The van der Waals surface area contributed by atoms with E-state index in [1.807, 2.05) is 25.1 Å². The summed E-state index contributed by atoms with van der Waals surface area (Å²) in [4.78, 5) is 11.8. The van der Waals surface area contributed by atoms with Gasteiger partial charge >= 0.3 is 0 Å². The normalized spacial score (nSPS) is 13.5. The van der Waals surface area contributed by atoms with Gasteiger partial charge in [-0.25, -0.2) is 0 Å². The van der Waals surface area contributed by atoms with Crippen molar-refractivity contribution in [2.24, 2.45) is 0 Å². The number of benzene rings is 1. The van der Waals surface area contributed by atoms with E-state index in [0.717, 1.165) is 30.7 Å². The Hall–Kier alpha value is -1.55. The minimum atomic E-state index is -0.491. The summed E-state index contributed by atoms with van der Waals surface area (Å²) < 4.78 is 5.87. The lowest BCUT2D eigenvalue weighted by Gasteiger charge is -2.22. The molecule has 4 nitrogen and oxygen atoms in total. The van der Waals surface area contributed by atoms with E-state index in [1.165, 1.54) is 0 Å². The first-order valence-corrected chi connectivity index (χ1v) is 7.90. The topological polar surface area (TPSA) is 50.4 Å². The van der Waals surface area contributed by atoms with Crippen molar-refractivity contribution in [3.05, 3.63) is 29.8 Å². The maximum absolute atomic E-state index is 11.8. The number of nitrogens with one attached hydrogen (secondary N) is 2. The molecule has 0 saturated carbocycles. The van der Waals surface area contributed by atoms with Gasteiger partial charge in [0.15, 0.2) is 6.10 Å². The van der Waals surface area contributed by atoms with Crippen LogP contribution in [0.3, 0.4) is 0 Å². The summed E-state index contributed by atoms with van der Waals surface area (Å²) in [5, 5.41) is 6.31. The highest BCUT2D eigenvalue weighted by Gasteiger charge is 2.18. The van der Waals surface area contributed by atoms with E-state index >= 15 is 0 Å². The SMILES string of the molecule is CCCNC(CC)c1ccccc1OC(C)C(=O)NCC. The van der Waals surface area contributed by atoms with Crippen molar-refractivity contribution in [2.75, 3.05) is 13.1 Å². The molecule has 0 aliphatic rings. The van der Waals surface area contributed by atoms with Crippen molar-refractivity contribution in [1.82, 2.24) is 10.6 Å². The zero-order valence-electron chi connectivity index (χ0n) is 13.6. The van der Waals surface area contributed by atoms with E-state index in [4.69, 9.17) is 4.74 Å². The van der Waals surface area contributed by atoms with Gasteiger partial charge in [0.2, 0.25) is 0 Å². The molecule has 118 valence electrons. The fraction of sp³-hybridized carbons (Fsp3) is 0.588. The molecule has 1 amide bonds. The van der Waals surface area contributed by atoms with Crippen LogP contribution < -0.4 is 15.4 Å². The van der Waals surface area contributed by atoms with E-state index in [-0.39, 0.29) is 11.9 Å². The number of carbonyl (C=O) groups is 1. The summed E-state index contributed by atoms with van der Waals surface area (Å²) in [6.07, 6.45) is 1.58. The number of rotatable bonds is 9. The minimum absolute atomic E-state index is 0.0816. The third-order valence-electron chi connectivity index (χ3n) is 3.37. The lowest BCUT2D eigenvalue weighted by Crippen LogP contribution is -2.36. The zero-order chi connectivity index (χ0) is 15.7. The highest BCUT2D eigenvalue weighted by atomic mass is 16.5. The fourth-order valence-corrected chi connectivity index (χ4v) is 2.23. The molecule has 4 heteroatoms. The van der Waals surface area contributed by atoms with Crippen LogP contribution in [0.1, 0.15) is 52.1 Å². The molecule has 0 spiro atoms. The molecule has 2 unspecified atom stereocenters. The van der Waals surface area contributed by atoms with Gasteiger partial charge in [0, 0.05) is 18.2 Å². The molecule has 0 aliphatic heterocycles. The summed E-state index contributed by atoms with van der Waals surface area (Å²) >= 11 is 0. The van der Waals surface area contributed by atoms with Crippen LogP contribution in [0.4, 0.5) is 0 Å². The number of para-hydroxylation sites is 1.